The predicted octanol–water partition coefficient (Wildman–Crippen LogP) is 2.37. The molecule has 0 saturated heterocycles. The number of benzene rings is 1. The summed E-state index contributed by atoms with van der Waals surface area (Å²) >= 11 is 6.11. The van der Waals surface area contributed by atoms with Crippen LogP contribution in [0.3, 0.4) is 0 Å². The van der Waals surface area contributed by atoms with E-state index in [9.17, 15) is 18.0 Å². The molecule has 0 spiro atoms. The fourth-order valence-corrected chi connectivity index (χ4v) is 3.56. The predicted molar refractivity (Wildman–Crippen MR) is 117 cm³/mol. The number of primary sulfonamides is 1. The molecule has 1 atom stereocenters. The average molecular weight is 478 g/mol. The Bertz CT molecular complexity index is 1310. The summed E-state index contributed by atoms with van der Waals surface area (Å²) in [5.74, 6) is -1.22. The van der Waals surface area contributed by atoms with Gasteiger partial charge < -0.3 is 10.1 Å². The SMILES string of the molecule is Cc1cc(C)n(-c2ccc(Cl)c(C(=O)OC(C)C(=O)Nc3cccc(S(N)(=O)=O)c3)n2)n1. The van der Waals surface area contributed by atoms with Crippen molar-refractivity contribution >= 4 is 39.2 Å². The van der Waals surface area contributed by atoms with Crippen LogP contribution < -0.4 is 10.5 Å². The number of carbonyl (C=O) groups is 2. The van der Waals surface area contributed by atoms with Crippen LogP contribution in [0.5, 0.6) is 0 Å². The number of nitrogens with two attached hydrogens (primary N) is 1. The van der Waals surface area contributed by atoms with E-state index in [1.165, 1.54) is 37.3 Å². The number of aromatic nitrogens is 3. The molecule has 2 heterocycles. The van der Waals surface area contributed by atoms with Gasteiger partial charge in [0.15, 0.2) is 17.6 Å². The fraction of sp³-hybridized carbons (Fsp3) is 0.200. The molecule has 0 aliphatic rings. The highest BCUT2D eigenvalue weighted by Gasteiger charge is 2.23. The number of hydrogen-bond donors (Lipinski definition) is 2. The van der Waals surface area contributed by atoms with Crippen LogP contribution in [0.15, 0.2) is 47.4 Å². The highest BCUT2D eigenvalue weighted by molar-refractivity contribution is 7.89. The van der Waals surface area contributed by atoms with Gasteiger partial charge in [-0.2, -0.15) is 5.10 Å². The Kier molecular flexibility index (Phi) is 6.63. The summed E-state index contributed by atoms with van der Waals surface area (Å²) in [6.07, 6.45) is -1.23. The van der Waals surface area contributed by atoms with Crippen LogP contribution in [-0.2, 0) is 19.6 Å². The van der Waals surface area contributed by atoms with Crippen molar-refractivity contribution in [3.63, 3.8) is 0 Å². The van der Waals surface area contributed by atoms with Gasteiger partial charge in [-0.25, -0.2) is 28.0 Å². The first-order valence-electron chi connectivity index (χ1n) is 9.30. The first kappa shape index (κ1) is 23.4. The van der Waals surface area contributed by atoms with Gasteiger partial charge in [-0.3, -0.25) is 4.79 Å². The topological polar surface area (TPSA) is 146 Å². The number of carbonyl (C=O) groups excluding carboxylic acids is 2. The molecule has 0 radical (unpaired) electrons. The Hall–Kier alpha value is -3.28. The zero-order chi connectivity index (χ0) is 23.6. The summed E-state index contributed by atoms with van der Waals surface area (Å²) in [7, 11) is -3.94. The summed E-state index contributed by atoms with van der Waals surface area (Å²) in [6.45, 7) is 5.02. The van der Waals surface area contributed by atoms with Crippen molar-refractivity contribution < 1.29 is 22.7 Å². The molecule has 1 aromatic carbocycles. The van der Waals surface area contributed by atoms with E-state index in [0.29, 0.717) is 5.82 Å². The summed E-state index contributed by atoms with van der Waals surface area (Å²) < 4.78 is 29.7. The summed E-state index contributed by atoms with van der Waals surface area (Å²) in [4.78, 5) is 29.1. The molecule has 0 bridgehead atoms. The van der Waals surface area contributed by atoms with Crippen molar-refractivity contribution in [2.75, 3.05) is 5.32 Å². The molecule has 10 nitrogen and oxygen atoms in total. The first-order chi connectivity index (χ1) is 15.0. The van der Waals surface area contributed by atoms with Gasteiger partial charge in [0, 0.05) is 11.4 Å². The van der Waals surface area contributed by atoms with E-state index < -0.39 is 28.0 Å². The minimum atomic E-state index is -3.94. The van der Waals surface area contributed by atoms with Gasteiger partial charge in [0.1, 0.15) is 0 Å². The molecule has 12 heteroatoms. The summed E-state index contributed by atoms with van der Waals surface area (Å²) in [5.41, 5.74) is 1.59. The number of nitrogens with one attached hydrogen (secondary N) is 1. The maximum atomic E-state index is 12.6. The molecule has 1 amide bonds. The lowest BCUT2D eigenvalue weighted by molar-refractivity contribution is -0.123. The van der Waals surface area contributed by atoms with E-state index in [2.05, 4.69) is 15.4 Å². The molecule has 2 aromatic heterocycles. The normalized spacial score (nSPS) is 12.3. The minimum absolute atomic E-state index is 0.0498. The Balaban J connectivity index is 1.75. The molecule has 3 N–H and O–H groups in total. The van der Waals surface area contributed by atoms with Crippen LogP contribution in [0.2, 0.25) is 5.02 Å². The van der Waals surface area contributed by atoms with Gasteiger partial charge in [-0.15, -0.1) is 0 Å². The lowest BCUT2D eigenvalue weighted by Gasteiger charge is -2.14. The summed E-state index contributed by atoms with van der Waals surface area (Å²) in [5, 5.41) is 11.9. The van der Waals surface area contributed by atoms with E-state index >= 15 is 0 Å². The molecule has 0 aliphatic carbocycles. The van der Waals surface area contributed by atoms with Gasteiger partial charge >= 0.3 is 5.97 Å². The van der Waals surface area contributed by atoms with Crippen LogP contribution in [0, 0.1) is 13.8 Å². The standard InChI is InChI=1S/C20H20ClN5O5S/c1-11-9-12(2)26(25-11)17-8-7-16(21)18(24-17)20(28)31-13(3)19(27)23-14-5-4-6-15(10-14)32(22,29)30/h4-10,13H,1-3H3,(H,23,27)(H2,22,29,30). The number of sulfonamides is 1. The molecular weight excluding hydrogens is 458 g/mol. The minimum Gasteiger partial charge on any atom is -0.448 e. The molecular formula is C20H20ClN5O5S. The van der Waals surface area contributed by atoms with Gasteiger partial charge in [-0.1, -0.05) is 17.7 Å². The maximum absolute atomic E-state index is 12.6. The lowest BCUT2D eigenvalue weighted by atomic mass is 10.3. The molecule has 0 saturated carbocycles. The second-order valence-electron chi connectivity index (χ2n) is 6.95. The van der Waals surface area contributed by atoms with Crippen molar-refractivity contribution in [2.24, 2.45) is 5.14 Å². The third kappa shape index (κ3) is 5.31. The Morgan fingerprint density at radius 3 is 2.53 bits per heavy atom. The lowest BCUT2D eigenvalue weighted by Crippen LogP contribution is -2.30. The third-order valence-electron chi connectivity index (χ3n) is 4.33. The van der Waals surface area contributed by atoms with Crippen molar-refractivity contribution in [3.05, 3.63) is 64.6 Å². The Morgan fingerprint density at radius 1 is 1.19 bits per heavy atom. The zero-order valence-corrected chi connectivity index (χ0v) is 18.9. The van der Waals surface area contributed by atoms with Crippen LogP contribution in [0.1, 0.15) is 28.8 Å². The van der Waals surface area contributed by atoms with Crippen LogP contribution in [-0.4, -0.2) is 41.2 Å². The highest BCUT2D eigenvalue weighted by Crippen LogP contribution is 2.20. The van der Waals surface area contributed by atoms with Crippen molar-refractivity contribution in [2.45, 2.75) is 31.8 Å². The molecule has 0 aliphatic heterocycles. The van der Waals surface area contributed by atoms with Crippen LogP contribution in [0.4, 0.5) is 5.69 Å². The summed E-state index contributed by atoms with van der Waals surface area (Å²) in [6, 6.07) is 10.3. The van der Waals surface area contributed by atoms with Gasteiger partial charge in [0.25, 0.3) is 5.91 Å². The second-order valence-corrected chi connectivity index (χ2v) is 8.92. The quantitative estimate of drug-likeness (QED) is 0.518. The fourth-order valence-electron chi connectivity index (χ4n) is 2.82. The van der Waals surface area contributed by atoms with E-state index in [4.69, 9.17) is 21.5 Å². The van der Waals surface area contributed by atoms with Gasteiger partial charge in [0.2, 0.25) is 10.0 Å². The van der Waals surface area contributed by atoms with Crippen molar-refractivity contribution in [3.8, 4) is 5.82 Å². The highest BCUT2D eigenvalue weighted by atomic mass is 35.5. The largest absolute Gasteiger partial charge is 0.448 e. The van der Waals surface area contributed by atoms with Crippen molar-refractivity contribution in [1.82, 2.24) is 14.8 Å². The number of nitrogens with zero attached hydrogens (tertiary/aromatic N) is 3. The third-order valence-corrected chi connectivity index (χ3v) is 5.55. The monoisotopic (exact) mass is 477 g/mol. The number of esters is 1. The Labute approximate surface area is 189 Å². The maximum Gasteiger partial charge on any atom is 0.359 e. The number of pyridine rings is 1. The number of hydrogen-bond acceptors (Lipinski definition) is 7. The Morgan fingerprint density at radius 2 is 1.91 bits per heavy atom. The molecule has 32 heavy (non-hydrogen) atoms. The zero-order valence-electron chi connectivity index (χ0n) is 17.4. The second kappa shape index (κ2) is 9.07. The van der Waals surface area contributed by atoms with E-state index in [-0.39, 0.29) is 21.3 Å². The van der Waals surface area contributed by atoms with Gasteiger partial charge in [-0.05, 0) is 57.2 Å². The first-order valence-corrected chi connectivity index (χ1v) is 11.2. The molecule has 3 rings (SSSR count). The van der Waals surface area contributed by atoms with E-state index in [0.717, 1.165) is 11.4 Å². The number of aryl methyl sites for hydroxylation is 2. The van der Waals surface area contributed by atoms with E-state index in [1.54, 1.807) is 10.7 Å². The number of ether oxygens (including phenoxy) is 1. The average Bonchev–Trinajstić information content (AvgIpc) is 3.05. The van der Waals surface area contributed by atoms with Crippen molar-refractivity contribution in [1.29, 1.82) is 0 Å². The molecule has 0 fully saturated rings. The smallest absolute Gasteiger partial charge is 0.359 e. The van der Waals surface area contributed by atoms with Crippen LogP contribution in [0.25, 0.3) is 5.82 Å². The van der Waals surface area contributed by atoms with E-state index in [1.807, 2.05) is 19.9 Å². The number of halogens is 1. The van der Waals surface area contributed by atoms with Gasteiger partial charge in [0.05, 0.1) is 15.6 Å². The number of amides is 1. The molecule has 168 valence electrons. The van der Waals surface area contributed by atoms with Crippen LogP contribution >= 0.6 is 11.6 Å². The number of rotatable bonds is 6. The molecule has 1 unspecified atom stereocenters. The molecule has 3 aromatic rings. The number of anilines is 1.